The number of amides is 1. The number of nitrogens with one attached hydrogen (secondary N) is 1. The van der Waals surface area contributed by atoms with Crippen molar-refractivity contribution in [3.05, 3.63) is 53.1 Å². The third-order valence-electron chi connectivity index (χ3n) is 4.50. The molecule has 2 aromatic carbocycles. The van der Waals surface area contributed by atoms with E-state index in [2.05, 4.69) is 5.32 Å². The van der Waals surface area contributed by atoms with Crippen LogP contribution in [-0.4, -0.2) is 52.0 Å². The van der Waals surface area contributed by atoms with Gasteiger partial charge in [0.15, 0.2) is 0 Å². The van der Waals surface area contributed by atoms with Gasteiger partial charge in [0.2, 0.25) is 10.0 Å². The van der Waals surface area contributed by atoms with Crippen LogP contribution in [0.5, 0.6) is 5.75 Å². The SMILES string of the molecule is CN(C)S(=O)(=O)c1cc(C(=O)Nc2cccc(OCC3CCCO3)c2)ccc1Cl. The average Bonchev–Trinajstić information content (AvgIpc) is 3.20. The van der Waals surface area contributed by atoms with Gasteiger partial charge in [-0.05, 0) is 43.2 Å². The zero-order chi connectivity index (χ0) is 21.0. The molecule has 1 unspecified atom stereocenters. The summed E-state index contributed by atoms with van der Waals surface area (Å²) in [6.45, 7) is 1.22. The van der Waals surface area contributed by atoms with Crippen molar-refractivity contribution < 1.29 is 22.7 Å². The molecule has 1 heterocycles. The molecule has 156 valence electrons. The van der Waals surface area contributed by atoms with Crippen LogP contribution in [0.25, 0.3) is 0 Å². The van der Waals surface area contributed by atoms with Crippen molar-refractivity contribution in [2.24, 2.45) is 0 Å². The van der Waals surface area contributed by atoms with Crippen LogP contribution in [-0.2, 0) is 14.8 Å². The standard InChI is InChI=1S/C20H23ClN2O5S/c1-23(2)29(25,26)19-11-14(8-9-18(19)21)20(24)22-15-5-3-6-16(12-15)28-13-17-7-4-10-27-17/h3,5-6,8-9,11-12,17H,4,7,10,13H2,1-2H3,(H,22,24). The van der Waals surface area contributed by atoms with Gasteiger partial charge >= 0.3 is 0 Å². The van der Waals surface area contributed by atoms with Crippen molar-refractivity contribution in [2.45, 2.75) is 23.8 Å². The van der Waals surface area contributed by atoms with Crippen LogP contribution in [0.2, 0.25) is 5.02 Å². The van der Waals surface area contributed by atoms with Crippen molar-refractivity contribution >= 4 is 33.2 Å². The van der Waals surface area contributed by atoms with Gasteiger partial charge in [0.1, 0.15) is 17.3 Å². The van der Waals surface area contributed by atoms with E-state index in [-0.39, 0.29) is 21.6 Å². The molecular weight excluding hydrogens is 416 g/mol. The Balaban J connectivity index is 1.72. The highest BCUT2D eigenvalue weighted by molar-refractivity contribution is 7.89. The molecule has 1 atom stereocenters. The maximum Gasteiger partial charge on any atom is 0.255 e. The van der Waals surface area contributed by atoms with Crippen LogP contribution in [0.15, 0.2) is 47.4 Å². The summed E-state index contributed by atoms with van der Waals surface area (Å²) in [6, 6.07) is 11.1. The van der Waals surface area contributed by atoms with E-state index in [1.165, 1.54) is 32.3 Å². The fourth-order valence-corrected chi connectivity index (χ4v) is 4.26. The molecule has 7 nitrogen and oxygen atoms in total. The summed E-state index contributed by atoms with van der Waals surface area (Å²) in [5.41, 5.74) is 0.715. The van der Waals surface area contributed by atoms with E-state index >= 15 is 0 Å². The zero-order valence-corrected chi connectivity index (χ0v) is 17.8. The summed E-state index contributed by atoms with van der Waals surface area (Å²) in [6.07, 6.45) is 2.11. The van der Waals surface area contributed by atoms with Crippen LogP contribution in [0.1, 0.15) is 23.2 Å². The predicted octanol–water partition coefficient (Wildman–Crippen LogP) is 3.40. The van der Waals surface area contributed by atoms with Crippen molar-refractivity contribution in [3.63, 3.8) is 0 Å². The van der Waals surface area contributed by atoms with E-state index in [0.717, 1.165) is 23.8 Å². The molecule has 2 aromatic rings. The number of hydrogen-bond donors (Lipinski definition) is 1. The fourth-order valence-electron chi connectivity index (χ4n) is 2.87. The highest BCUT2D eigenvalue weighted by atomic mass is 35.5. The number of halogens is 1. The maximum atomic E-state index is 12.6. The van der Waals surface area contributed by atoms with Gasteiger partial charge in [-0.25, -0.2) is 12.7 Å². The van der Waals surface area contributed by atoms with Crippen molar-refractivity contribution in [3.8, 4) is 5.75 Å². The van der Waals surface area contributed by atoms with Gasteiger partial charge in [0, 0.05) is 38.0 Å². The summed E-state index contributed by atoms with van der Waals surface area (Å²) in [4.78, 5) is 12.5. The number of carbonyl (C=O) groups excluding carboxylic acids is 1. The monoisotopic (exact) mass is 438 g/mol. The first-order valence-electron chi connectivity index (χ1n) is 9.15. The van der Waals surface area contributed by atoms with Gasteiger partial charge in [-0.3, -0.25) is 4.79 Å². The molecule has 9 heteroatoms. The molecular formula is C20H23ClN2O5S. The predicted molar refractivity (Wildman–Crippen MR) is 111 cm³/mol. The lowest BCUT2D eigenvalue weighted by Gasteiger charge is -2.14. The van der Waals surface area contributed by atoms with E-state index < -0.39 is 15.9 Å². The van der Waals surface area contributed by atoms with Crippen LogP contribution < -0.4 is 10.1 Å². The smallest absolute Gasteiger partial charge is 0.255 e. The lowest BCUT2D eigenvalue weighted by molar-refractivity contribution is 0.0680. The summed E-state index contributed by atoms with van der Waals surface area (Å²) < 4.78 is 37.1. The fraction of sp³-hybridized carbons (Fsp3) is 0.350. The molecule has 0 aromatic heterocycles. The highest BCUT2D eigenvalue weighted by Gasteiger charge is 2.22. The minimum absolute atomic E-state index is 0.0554. The topological polar surface area (TPSA) is 84.9 Å². The van der Waals surface area contributed by atoms with Crippen LogP contribution in [0.4, 0.5) is 5.69 Å². The molecule has 1 saturated heterocycles. The molecule has 1 aliphatic heterocycles. The average molecular weight is 439 g/mol. The van der Waals surface area contributed by atoms with E-state index in [9.17, 15) is 13.2 Å². The second-order valence-corrected chi connectivity index (χ2v) is 9.39. The van der Waals surface area contributed by atoms with Crippen molar-refractivity contribution in [2.75, 3.05) is 32.6 Å². The normalized spacial score (nSPS) is 16.8. The Morgan fingerprint density at radius 2 is 2.07 bits per heavy atom. The molecule has 0 radical (unpaired) electrons. The minimum Gasteiger partial charge on any atom is -0.491 e. The quantitative estimate of drug-likeness (QED) is 0.716. The van der Waals surface area contributed by atoms with Crippen molar-refractivity contribution in [1.82, 2.24) is 4.31 Å². The number of rotatable bonds is 7. The third-order valence-corrected chi connectivity index (χ3v) is 6.80. The minimum atomic E-state index is -3.77. The second-order valence-electron chi connectivity index (χ2n) is 6.86. The summed E-state index contributed by atoms with van der Waals surface area (Å²) in [5, 5.41) is 2.81. The number of anilines is 1. The number of hydrogen-bond acceptors (Lipinski definition) is 5. The Hall–Kier alpha value is -2.13. The summed E-state index contributed by atoms with van der Waals surface area (Å²) in [7, 11) is -0.963. The lowest BCUT2D eigenvalue weighted by atomic mass is 10.2. The van der Waals surface area contributed by atoms with E-state index in [1.54, 1.807) is 24.3 Å². The van der Waals surface area contributed by atoms with Gasteiger partial charge in [-0.2, -0.15) is 0 Å². The van der Waals surface area contributed by atoms with Gasteiger partial charge in [-0.1, -0.05) is 17.7 Å². The lowest BCUT2D eigenvalue weighted by Crippen LogP contribution is -2.23. The number of carbonyl (C=O) groups is 1. The van der Waals surface area contributed by atoms with Gasteiger partial charge in [-0.15, -0.1) is 0 Å². The number of benzene rings is 2. The molecule has 0 spiro atoms. The molecule has 1 N–H and O–H groups in total. The van der Waals surface area contributed by atoms with Crippen LogP contribution in [0.3, 0.4) is 0 Å². The third kappa shape index (κ3) is 5.27. The Morgan fingerprint density at radius 3 is 2.76 bits per heavy atom. The Bertz CT molecular complexity index is 988. The van der Waals surface area contributed by atoms with Crippen molar-refractivity contribution in [1.29, 1.82) is 0 Å². The van der Waals surface area contributed by atoms with Gasteiger partial charge < -0.3 is 14.8 Å². The molecule has 1 amide bonds. The second kappa shape index (κ2) is 9.13. The molecule has 0 aliphatic carbocycles. The molecule has 1 fully saturated rings. The Labute approximate surface area is 175 Å². The summed E-state index contributed by atoms with van der Waals surface area (Å²) in [5.74, 6) is 0.165. The molecule has 0 bridgehead atoms. The molecule has 0 saturated carbocycles. The first-order valence-corrected chi connectivity index (χ1v) is 11.0. The zero-order valence-electron chi connectivity index (χ0n) is 16.2. The molecule has 3 rings (SSSR count). The van der Waals surface area contributed by atoms with E-state index in [4.69, 9.17) is 21.1 Å². The first-order chi connectivity index (χ1) is 13.8. The Morgan fingerprint density at radius 1 is 1.28 bits per heavy atom. The first kappa shape index (κ1) is 21.6. The summed E-state index contributed by atoms with van der Waals surface area (Å²) >= 11 is 6.03. The largest absolute Gasteiger partial charge is 0.491 e. The van der Waals surface area contributed by atoms with Gasteiger partial charge in [0.25, 0.3) is 5.91 Å². The van der Waals surface area contributed by atoms with Crippen LogP contribution >= 0.6 is 11.6 Å². The Kier molecular flexibility index (Phi) is 6.79. The molecule has 29 heavy (non-hydrogen) atoms. The molecule has 1 aliphatic rings. The maximum absolute atomic E-state index is 12.6. The number of ether oxygens (including phenoxy) is 2. The van der Waals surface area contributed by atoms with E-state index in [0.29, 0.717) is 18.0 Å². The van der Waals surface area contributed by atoms with E-state index in [1.807, 2.05) is 0 Å². The number of sulfonamides is 1. The van der Waals surface area contributed by atoms with Gasteiger partial charge in [0.05, 0.1) is 11.1 Å². The highest BCUT2D eigenvalue weighted by Crippen LogP contribution is 2.26. The number of nitrogens with zero attached hydrogens (tertiary/aromatic N) is 1. The van der Waals surface area contributed by atoms with Crippen LogP contribution in [0, 0.1) is 0 Å².